The number of hydrogen-bond acceptors (Lipinski definition) is 7. The SMILES string of the molecule is CCN(CC)c1ccc2c(-c3ccccc3)c3ccc(=[N+](CC)CC)cc-3oc2c1.CN.COC(=S)CCCOP(=O)(O)O. The van der Waals surface area contributed by atoms with Gasteiger partial charge in [0.2, 0.25) is 5.36 Å². The molecule has 2 aliphatic rings. The summed E-state index contributed by atoms with van der Waals surface area (Å²) >= 11 is 4.69. The second-order valence-corrected chi connectivity index (χ2v) is 11.2. The van der Waals surface area contributed by atoms with Gasteiger partial charge in [0.1, 0.15) is 24.4 Å². The van der Waals surface area contributed by atoms with Crippen LogP contribution in [0.15, 0.2) is 71.1 Å². The van der Waals surface area contributed by atoms with Crippen LogP contribution in [-0.2, 0) is 13.8 Å². The Hall–Kier alpha value is -3.11. The van der Waals surface area contributed by atoms with Crippen molar-refractivity contribution in [3.05, 3.63) is 72.1 Å². The zero-order valence-corrected chi connectivity index (χ0v) is 28.4. The molecule has 11 heteroatoms. The van der Waals surface area contributed by atoms with Crippen LogP contribution in [0.3, 0.4) is 0 Å². The van der Waals surface area contributed by atoms with E-state index in [4.69, 9.17) is 26.4 Å². The van der Waals surface area contributed by atoms with E-state index in [0.29, 0.717) is 17.9 Å². The summed E-state index contributed by atoms with van der Waals surface area (Å²) in [5.41, 5.74) is 10.2. The number of rotatable bonds is 11. The Labute approximate surface area is 266 Å². The van der Waals surface area contributed by atoms with Gasteiger partial charge in [0.05, 0.1) is 19.8 Å². The molecule has 0 atom stereocenters. The van der Waals surface area contributed by atoms with E-state index in [1.807, 2.05) is 0 Å². The van der Waals surface area contributed by atoms with Crippen molar-refractivity contribution in [3.8, 4) is 22.5 Å². The van der Waals surface area contributed by atoms with Gasteiger partial charge in [-0.2, -0.15) is 0 Å². The zero-order valence-electron chi connectivity index (χ0n) is 26.7. The summed E-state index contributed by atoms with van der Waals surface area (Å²) in [6, 6.07) is 23.9. The Bertz CT molecular complexity index is 1540. The fourth-order valence-electron chi connectivity index (χ4n) is 4.86. The smallest absolute Gasteiger partial charge is 0.469 e. The zero-order chi connectivity index (χ0) is 32.7. The first-order chi connectivity index (χ1) is 21.1. The summed E-state index contributed by atoms with van der Waals surface area (Å²) < 4.78 is 27.9. The van der Waals surface area contributed by atoms with Crippen molar-refractivity contribution in [2.75, 3.05) is 51.8 Å². The molecule has 0 fully saturated rings. The Morgan fingerprint density at radius 2 is 1.64 bits per heavy atom. The monoisotopic (exact) mass is 644 g/mol. The van der Waals surface area contributed by atoms with E-state index in [9.17, 15) is 4.57 Å². The largest absolute Gasteiger partial charge is 0.490 e. The van der Waals surface area contributed by atoms with E-state index >= 15 is 0 Å². The van der Waals surface area contributed by atoms with Gasteiger partial charge in [0, 0.05) is 53.8 Å². The Kier molecular flexibility index (Phi) is 15.7. The third-order valence-corrected chi connectivity index (χ3v) is 7.91. The number of phosphoric acid groups is 1. The fourth-order valence-corrected chi connectivity index (χ4v) is 5.37. The maximum absolute atomic E-state index is 10.2. The second kappa shape index (κ2) is 18.6. The summed E-state index contributed by atoms with van der Waals surface area (Å²) in [7, 11) is -1.37. The van der Waals surface area contributed by atoms with Gasteiger partial charge in [-0.05, 0) is 77.1 Å². The normalized spacial score (nSPS) is 10.8. The van der Waals surface area contributed by atoms with Crippen LogP contribution in [0.5, 0.6) is 0 Å². The summed E-state index contributed by atoms with van der Waals surface area (Å²) in [6.07, 6.45) is 0.906. The van der Waals surface area contributed by atoms with Crippen LogP contribution in [0.1, 0.15) is 40.5 Å². The minimum Gasteiger partial charge on any atom is -0.490 e. The first kappa shape index (κ1) is 37.1. The second-order valence-electron chi connectivity index (χ2n) is 9.55. The Morgan fingerprint density at radius 1 is 0.977 bits per heavy atom. The molecule has 0 unspecified atom stereocenters. The van der Waals surface area contributed by atoms with Crippen molar-refractivity contribution < 1.29 is 28.0 Å². The van der Waals surface area contributed by atoms with Crippen molar-refractivity contribution >= 4 is 41.7 Å². The molecule has 9 nitrogen and oxygen atoms in total. The van der Waals surface area contributed by atoms with Crippen LogP contribution in [0.4, 0.5) is 5.69 Å². The summed E-state index contributed by atoms with van der Waals surface area (Å²) in [5, 5.41) is 2.76. The van der Waals surface area contributed by atoms with E-state index in [-0.39, 0.29) is 6.61 Å². The minimum atomic E-state index is -4.32. The van der Waals surface area contributed by atoms with E-state index in [0.717, 1.165) is 48.5 Å². The molecule has 2 aromatic carbocycles. The van der Waals surface area contributed by atoms with Gasteiger partial charge in [-0.15, -0.1) is 0 Å². The third kappa shape index (κ3) is 10.5. The average Bonchev–Trinajstić information content (AvgIpc) is 3.04. The standard InChI is InChI=1S/C27H31N2O.C5H11O5PS.CH5N/c1-5-28(6-2)21-14-16-23-25(18-21)30-26-19-22(29(7-3)8-4)15-17-24(26)27(23)20-12-10-9-11-13-20;1-9-5(12)3-2-4-10-11(6,7)8;1-2/h9-19H,5-8H2,1-4H3;2-4H2,1H3,(H2,6,7,8);2H2,1H3/q+1;;. The van der Waals surface area contributed by atoms with Crippen LogP contribution >= 0.6 is 20.0 Å². The summed E-state index contributed by atoms with van der Waals surface area (Å²) in [6.45, 7) is 12.7. The van der Waals surface area contributed by atoms with E-state index in [2.05, 4.69) is 119 Å². The average molecular weight is 645 g/mol. The number of fused-ring (bicyclic) bond motifs is 2. The van der Waals surface area contributed by atoms with Gasteiger partial charge in [0.25, 0.3) is 0 Å². The minimum absolute atomic E-state index is 0.0201. The van der Waals surface area contributed by atoms with Gasteiger partial charge in [-0.1, -0.05) is 30.3 Å². The van der Waals surface area contributed by atoms with Crippen LogP contribution in [-0.4, -0.2) is 61.8 Å². The highest BCUT2D eigenvalue weighted by Crippen LogP contribution is 2.40. The van der Waals surface area contributed by atoms with Crippen molar-refractivity contribution in [1.82, 2.24) is 4.58 Å². The molecule has 1 aliphatic carbocycles. The lowest BCUT2D eigenvalue weighted by Crippen LogP contribution is -2.29. The maximum Gasteiger partial charge on any atom is 0.469 e. The molecule has 2 aromatic rings. The number of hydrogen-bond donors (Lipinski definition) is 3. The van der Waals surface area contributed by atoms with Crippen LogP contribution in [0.2, 0.25) is 0 Å². The van der Waals surface area contributed by atoms with E-state index < -0.39 is 7.82 Å². The van der Waals surface area contributed by atoms with Crippen molar-refractivity contribution in [3.63, 3.8) is 0 Å². The molecule has 0 amide bonds. The van der Waals surface area contributed by atoms with Gasteiger partial charge in [-0.3, -0.25) is 4.52 Å². The molecule has 0 spiro atoms. The third-order valence-electron chi connectivity index (χ3n) is 7.02. The molecule has 0 saturated heterocycles. The van der Waals surface area contributed by atoms with Crippen LogP contribution < -0.4 is 20.6 Å². The number of anilines is 1. The van der Waals surface area contributed by atoms with Crippen LogP contribution in [0, 0.1) is 0 Å². The number of thiocarbonyl (C=S) groups is 1. The first-order valence-electron chi connectivity index (χ1n) is 14.9. The molecule has 0 bridgehead atoms. The number of methoxy groups -OCH3 is 1. The van der Waals surface area contributed by atoms with Gasteiger partial charge < -0.3 is 29.6 Å². The topological polar surface area (TPSA) is 121 Å². The first-order valence-corrected chi connectivity index (χ1v) is 16.8. The molecular weight excluding hydrogens is 597 g/mol. The number of ether oxygens (including phenoxy) is 1. The molecule has 4 N–H and O–H groups in total. The predicted octanol–water partition coefficient (Wildman–Crippen LogP) is 6.29. The fraction of sp³-hybridized carbons (Fsp3) is 0.394. The number of phosphoric ester groups is 1. The Morgan fingerprint density at radius 3 is 2.20 bits per heavy atom. The molecular formula is C33H47N3O6PS+. The molecule has 240 valence electrons. The maximum atomic E-state index is 10.2. The highest BCUT2D eigenvalue weighted by Gasteiger charge is 2.19. The highest BCUT2D eigenvalue weighted by atomic mass is 32.1. The van der Waals surface area contributed by atoms with E-state index in [1.165, 1.54) is 36.3 Å². The summed E-state index contributed by atoms with van der Waals surface area (Å²) in [5.74, 6) is 0.933. The molecule has 0 saturated carbocycles. The molecule has 4 rings (SSSR count). The van der Waals surface area contributed by atoms with Gasteiger partial charge in [-0.25, -0.2) is 9.14 Å². The van der Waals surface area contributed by atoms with Gasteiger partial charge >= 0.3 is 7.82 Å². The van der Waals surface area contributed by atoms with Crippen LogP contribution in [0.25, 0.3) is 33.4 Å². The number of nitrogens with two attached hydrogens (primary N) is 1. The van der Waals surface area contributed by atoms with E-state index in [1.54, 1.807) is 0 Å². The lowest BCUT2D eigenvalue weighted by molar-refractivity contribution is 0.195. The lowest BCUT2D eigenvalue weighted by Gasteiger charge is -2.22. The summed E-state index contributed by atoms with van der Waals surface area (Å²) in [4.78, 5) is 18.9. The molecule has 1 heterocycles. The molecule has 1 aliphatic heterocycles. The molecule has 0 radical (unpaired) electrons. The Balaban J connectivity index is 0.000000409. The van der Waals surface area contributed by atoms with Crippen molar-refractivity contribution in [1.29, 1.82) is 0 Å². The predicted molar refractivity (Wildman–Crippen MR) is 185 cm³/mol. The number of nitrogens with zero attached hydrogens (tertiary/aromatic N) is 2. The van der Waals surface area contributed by atoms with Crippen molar-refractivity contribution in [2.45, 2.75) is 40.5 Å². The molecule has 0 aromatic heterocycles. The van der Waals surface area contributed by atoms with Crippen molar-refractivity contribution in [2.24, 2.45) is 5.73 Å². The number of benzene rings is 3. The molecule has 44 heavy (non-hydrogen) atoms. The van der Waals surface area contributed by atoms with Gasteiger partial charge in [0.15, 0.2) is 5.05 Å². The lowest BCUT2D eigenvalue weighted by atomic mass is 9.93. The highest BCUT2D eigenvalue weighted by molar-refractivity contribution is 7.80. The quantitative estimate of drug-likeness (QED) is 0.0569.